The first-order valence-corrected chi connectivity index (χ1v) is 10.2. The summed E-state index contributed by atoms with van der Waals surface area (Å²) in [7, 11) is 5.17. The maximum absolute atomic E-state index is 13.4. The Morgan fingerprint density at radius 2 is 1.90 bits per heavy atom. The van der Waals surface area contributed by atoms with Gasteiger partial charge >= 0.3 is 6.36 Å². The highest BCUT2D eigenvalue weighted by Gasteiger charge is 2.31. The number of aromatic nitrogens is 1. The lowest BCUT2D eigenvalue weighted by Crippen LogP contribution is -2.37. The molecule has 0 aliphatic rings. The molecule has 0 atom stereocenters. The van der Waals surface area contributed by atoms with Crippen molar-refractivity contribution >= 4 is 44.2 Å². The molecule has 31 heavy (non-hydrogen) atoms. The van der Waals surface area contributed by atoms with Gasteiger partial charge in [0.25, 0.3) is 5.91 Å². The lowest BCUT2D eigenvalue weighted by Gasteiger charge is -2.23. The summed E-state index contributed by atoms with van der Waals surface area (Å²) >= 11 is 7.17. The van der Waals surface area contributed by atoms with Gasteiger partial charge in [-0.1, -0.05) is 22.9 Å². The number of rotatable bonds is 7. The number of halogens is 4. The lowest BCUT2D eigenvalue weighted by atomic mass is 10.1. The van der Waals surface area contributed by atoms with Crippen LogP contribution in [0, 0.1) is 0 Å². The van der Waals surface area contributed by atoms with Gasteiger partial charge in [-0.15, -0.1) is 13.2 Å². The number of likely N-dealkylation sites (N-methyl/N-ethyl adjacent to an activating group) is 1. The maximum atomic E-state index is 13.4. The summed E-state index contributed by atoms with van der Waals surface area (Å²) in [6.45, 7) is 0.834. The predicted molar refractivity (Wildman–Crippen MR) is 115 cm³/mol. The fourth-order valence-electron chi connectivity index (χ4n) is 2.78. The molecule has 0 N–H and O–H groups in total. The number of benzene rings is 2. The molecule has 0 fully saturated rings. The quantitative estimate of drug-likeness (QED) is 0.480. The molecule has 0 aliphatic carbocycles. The third-order valence-corrected chi connectivity index (χ3v) is 5.50. The van der Waals surface area contributed by atoms with Crippen molar-refractivity contribution in [2.24, 2.45) is 0 Å². The van der Waals surface area contributed by atoms with Gasteiger partial charge in [0.05, 0.1) is 22.9 Å². The molecule has 166 valence electrons. The van der Waals surface area contributed by atoms with Crippen molar-refractivity contribution in [3.05, 3.63) is 47.0 Å². The Kier molecular flexibility index (Phi) is 6.93. The third-order valence-electron chi connectivity index (χ3n) is 4.22. The molecule has 0 aliphatic heterocycles. The Morgan fingerprint density at radius 3 is 2.55 bits per heavy atom. The van der Waals surface area contributed by atoms with Gasteiger partial charge in [0.1, 0.15) is 11.5 Å². The van der Waals surface area contributed by atoms with Gasteiger partial charge in [-0.05, 0) is 44.4 Å². The summed E-state index contributed by atoms with van der Waals surface area (Å²) in [6.07, 6.45) is -4.79. The molecule has 1 aromatic heterocycles. The minimum absolute atomic E-state index is 0.258. The van der Waals surface area contributed by atoms with E-state index in [4.69, 9.17) is 16.3 Å². The van der Waals surface area contributed by atoms with Crippen molar-refractivity contribution in [3.8, 4) is 11.5 Å². The average Bonchev–Trinajstić information content (AvgIpc) is 3.09. The molecule has 1 amide bonds. The van der Waals surface area contributed by atoms with Gasteiger partial charge in [0.15, 0.2) is 5.13 Å². The number of nitrogens with zero attached hydrogens (tertiary/aromatic N) is 3. The summed E-state index contributed by atoms with van der Waals surface area (Å²) in [5, 5.41) is 0.711. The van der Waals surface area contributed by atoms with Gasteiger partial charge < -0.3 is 14.4 Å². The normalized spacial score (nSPS) is 11.7. The zero-order valence-corrected chi connectivity index (χ0v) is 18.4. The van der Waals surface area contributed by atoms with Crippen LogP contribution < -0.4 is 14.4 Å². The monoisotopic (exact) mass is 473 g/mol. The number of carbonyl (C=O) groups excluding carboxylic acids is 1. The fourth-order valence-corrected chi connectivity index (χ4v) is 3.97. The van der Waals surface area contributed by atoms with E-state index in [1.807, 2.05) is 19.0 Å². The number of methoxy groups -OCH3 is 1. The minimum Gasteiger partial charge on any atom is -0.496 e. The second-order valence-electron chi connectivity index (χ2n) is 6.78. The van der Waals surface area contributed by atoms with Crippen LogP contribution in [0.25, 0.3) is 10.2 Å². The molecular formula is C20H19ClF3N3O3S. The molecule has 0 saturated heterocycles. The van der Waals surface area contributed by atoms with Crippen molar-refractivity contribution in [1.82, 2.24) is 9.88 Å². The van der Waals surface area contributed by atoms with Crippen LogP contribution in [0.15, 0.2) is 36.4 Å². The molecule has 0 spiro atoms. The Balaban J connectivity index is 2.01. The SMILES string of the molecule is COc1ccc(Cl)cc1C(=O)N(CCN(C)C)c1nc2ccc(OC(F)(F)F)cc2s1. The topological polar surface area (TPSA) is 54.9 Å². The van der Waals surface area contributed by atoms with Crippen LogP contribution >= 0.6 is 22.9 Å². The molecule has 0 bridgehead atoms. The molecule has 11 heteroatoms. The summed E-state index contributed by atoms with van der Waals surface area (Å²) < 4.78 is 47.3. The van der Waals surface area contributed by atoms with Crippen LogP contribution in [0.4, 0.5) is 18.3 Å². The standard InChI is InChI=1S/C20H19ClF3N3O3S/c1-26(2)8-9-27(18(28)14-10-12(21)4-7-16(14)29-3)19-25-15-6-5-13(11-17(15)31-19)30-20(22,23)24/h4-7,10-11H,8-9H2,1-3H3. The summed E-state index contributed by atoms with van der Waals surface area (Å²) in [5.41, 5.74) is 0.712. The molecule has 0 saturated carbocycles. The number of fused-ring (bicyclic) bond motifs is 1. The van der Waals surface area contributed by atoms with Crippen molar-refractivity contribution in [1.29, 1.82) is 0 Å². The number of hydrogen-bond acceptors (Lipinski definition) is 6. The van der Waals surface area contributed by atoms with E-state index in [9.17, 15) is 18.0 Å². The van der Waals surface area contributed by atoms with E-state index < -0.39 is 6.36 Å². The van der Waals surface area contributed by atoms with E-state index >= 15 is 0 Å². The summed E-state index contributed by atoms with van der Waals surface area (Å²) in [5.74, 6) is -0.379. The average molecular weight is 474 g/mol. The predicted octanol–water partition coefficient (Wildman–Crippen LogP) is 5.07. The van der Waals surface area contributed by atoms with E-state index in [2.05, 4.69) is 9.72 Å². The largest absolute Gasteiger partial charge is 0.573 e. The van der Waals surface area contributed by atoms with Crippen molar-refractivity contribution in [2.45, 2.75) is 6.36 Å². The van der Waals surface area contributed by atoms with Crippen molar-refractivity contribution < 1.29 is 27.4 Å². The van der Waals surface area contributed by atoms with Gasteiger partial charge in [0.2, 0.25) is 0 Å². The van der Waals surface area contributed by atoms with Gasteiger partial charge in [-0.3, -0.25) is 9.69 Å². The van der Waals surface area contributed by atoms with E-state index in [0.717, 1.165) is 11.3 Å². The van der Waals surface area contributed by atoms with E-state index in [1.165, 1.54) is 36.3 Å². The highest BCUT2D eigenvalue weighted by Crippen LogP contribution is 2.34. The number of hydrogen-bond donors (Lipinski definition) is 0. The molecule has 3 rings (SSSR count). The molecule has 3 aromatic rings. The Bertz CT molecular complexity index is 1090. The highest BCUT2D eigenvalue weighted by molar-refractivity contribution is 7.22. The molecule has 6 nitrogen and oxygen atoms in total. The minimum atomic E-state index is -4.79. The number of amides is 1. The maximum Gasteiger partial charge on any atom is 0.573 e. The highest BCUT2D eigenvalue weighted by atomic mass is 35.5. The van der Waals surface area contributed by atoms with Crippen LogP contribution in [0.3, 0.4) is 0 Å². The fraction of sp³-hybridized carbons (Fsp3) is 0.300. The zero-order valence-electron chi connectivity index (χ0n) is 16.9. The van der Waals surface area contributed by atoms with E-state index in [0.29, 0.717) is 39.2 Å². The zero-order chi connectivity index (χ0) is 22.8. The van der Waals surface area contributed by atoms with E-state index in [-0.39, 0.29) is 17.2 Å². The van der Waals surface area contributed by atoms with Crippen LogP contribution in [0.2, 0.25) is 5.02 Å². The number of anilines is 1. The van der Waals surface area contributed by atoms with Crippen molar-refractivity contribution in [2.75, 3.05) is 39.2 Å². The van der Waals surface area contributed by atoms with E-state index in [1.54, 1.807) is 12.1 Å². The third kappa shape index (κ3) is 5.78. The molecule has 1 heterocycles. The van der Waals surface area contributed by atoms with Gasteiger partial charge in [0, 0.05) is 24.2 Å². The first kappa shape index (κ1) is 23.1. The van der Waals surface area contributed by atoms with Crippen LogP contribution in [0.5, 0.6) is 11.5 Å². The second kappa shape index (κ2) is 9.29. The molecule has 0 unspecified atom stereocenters. The Labute approximate surface area is 185 Å². The number of carbonyl (C=O) groups is 1. The smallest absolute Gasteiger partial charge is 0.496 e. The van der Waals surface area contributed by atoms with Crippen molar-refractivity contribution in [3.63, 3.8) is 0 Å². The Hall–Kier alpha value is -2.56. The van der Waals surface area contributed by atoms with Crippen LogP contribution in [0.1, 0.15) is 10.4 Å². The van der Waals surface area contributed by atoms with Crippen LogP contribution in [-0.2, 0) is 0 Å². The molecular weight excluding hydrogens is 455 g/mol. The number of thiazole rings is 1. The molecule has 0 radical (unpaired) electrons. The first-order chi connectivity index (χ1) is 14.6. The summed E-state index contributed by atoms with van der Waals surface area (Å²) in [6, 6.07) is 8.57. The molecule has 2 aromatic carbocycles. The van der Waals surface area contributed by atoms with Crippen LogP contribution in [-0.4, -0.2) is 56.4 Å². The van der Waals surface area contributed by atoms with Gasteiger partial charge in [-0.25, -0.2) is 4.98 Å². The summed E-state index contributed by atoms with van der Waals surface area (Å²) in [4.78, 5) is 21.2. The van der Waals surface area contributed by atoms with Gasteiger partial charge in [-0.2, -0.15) is 0 Å². The number of ether oxygens (including phenoxy) is 2. The Morgan fingerprint density at radius 1 is 1.16 bits per heavy atom. The lowest BCUT2D eigenvalue weighted by molar-refractivity contribution is -0.274. The number of alkyl halides is 3. The second-order valence-corrected chi connectivity index (χ2v) is 8.22. The first-order valence-electron chi connectivity index (χ1n) is 9.04.